The average molecular weight is 352 g/mol. The first-order valence-electron chi connectivity index (χ1n) is 8.08. The lowest BCUT2D eigenvalue weighted by molar-refractivity contribution is -0.148. The number of hydrogen-bond donors (Lipinski definition) is 0. The molecule has 0 bridgehead atoms. The average Bonchev–Trinajstić information content (AvgIpc) is 3.09. The lowest BCUT2D eigenvalue weighted by atomic mass is 9.88. The lowest BCUT2D eigenvalue weighted by Gasteiger charge is -2.17. The van der Waals surface area contributed by atoms with Crippen LogP contribution in [-0.2, 0) is 9.53 Å². The number of carbonyl (C=O) groups excluding carboxylic acids is 1. The van der Waals surface area contributed by atoms with Crippen LogP contribution in [0.5, 0.6) is 11.5 Å². The molecular weight excluding hydrogens is 336 g/mol. The Balaban J connectivity index is 1.95. The summed E-state index contributed by atoms with van der Waals surface area (Å²) in [5.41, 5.74) is 0.952. The predicted molar refractivity (Wildman–Crippen MR) is 93.8 cm³/mol. The zero-order valence-corrected chi connectivity index (χ0v) is 14.2. The van der Waals surface area contributed by atoms with Crippen LogP contribution in [0.15, 0.2) is 57.7 Å². The van der Waals surface area contributed by atoms with Gasteiger partial charge in [-0.1, -0.05) is 24.3 Å². The van der Waals surface area contributed by atoms with Crippen molar-refractivity contribution in [2.24, 2.45) is 0 Å². The highest BCUT2D eigenvalue weighted by Gasteiger charge is 2.44. The second-order valence-corrected chi connectivity index (χ2v) is 5.94. The number of methoxy groups -OCH3 is 2. The summed E-state index contributed by atoms with van der Waals surface area (Å²) < 4.78 is 21.4. The third-order valence-electron chi connectivity index (χ3n) is 4.57. The summed E-state index contributed by atoms with van der Waals surface area (Å²) in [7, 11) is 2.86. The first kappa shape index (κ1) is 16.2. The molecule has 6 nitrogen and oxygen atoms in total. The zero-order chi connectivity index (χ0) is 18.3. The summed E-state index contributed by atoms with van der Waals surface area (Å²) in [4.78, 5) is 25.0. The monoisotopic (exact) mass is 352 g/mol. The van der Waals surface area contributed by atoms with Crippen LogP contribution in [0.25, 0.3) is 11.0 Å². The molecule has 2 heterocycles. The van der Waals surface area contributed by atoms with Gasteiger partial charge in [-0.3, -0.25) is 0 Å². The fourth-order valence-corrected chi connectivity index (χ4v) is 3.33. The molecule has 1 aliphatic rings. The number of fused-ring (bicyclic) bond motifs is 3. The summed E-state index contributed by atoms with van der Waals surface area (Å²) >= 11 is 0. The summed E-state index contributed by atoms with van der Waals surface area (Å²) in [6.07, 6.45) is -0.961. The molecule has 4 rings (SSSR count). The van der Waals surface area contributed by atoms with Crippen molar-refractivity contribution in [1.29, 1.82) is 0 Å². The quantitative estimate of drug-likeness (QED) is 0.533. The number of ether oxygens (including phenoxy) is 3. The van der Waals surface area contributed by atoms with Crippen LogP contribution >= 0.6 is 0 Å². The minimum Gasteiger partial charge on any atom is -0.497 e. The van der Waals surface area contributed by atoms with Gasteiger partial charge in [-0.25, -0.2) is 9.59 Å². The number of para-hydroxylation sites is 1. The fraction of sp³-hybridized carbons (Fsp3) is 0.200. The molecule has 0 aliphatic carbocycles. The van der Waals surface area contributed by atoms with E-state index in [0.29, 0.717) is 28.0 Å². The Morgan fingerprint density at radius 3 is 2.46 bits per heavy atom. The van der Waals surface area contributed by atoms with Crippen molar-refractivity contribution >= 4 is 16.9 Å². The molecule has 3 aromatic rings. The summed E-state index contributed by atoms with van der Waals surface area (Å²) in [6.45, 7) is 0. The Bertz CT molecular complexity index is 1030. The zero-order valence-electron chi connectivity index (χ0n) is 14.2. The molecular formula is C20H16O6. The topological polar surface area (TPSA) is 75.0 Å². The van der Waals surface area contributed by atoms with Gasteiger partial charge in [0.25, 0.3) is 0 Å². The summed E-state index contributed by atoms with van der Waals surface area (Å²) in [5, 5.41) is 0.645. The van der Waals surface area contributed by atoms with Crippen molar-refractivity contribution in [3.63, 3.8) is 0 Å². The van der Waals surface area contributed by atoms with Gasteiger partial charge in [-0.15, -0.1) is 0 Å². The Morgan fingerprint density at radius 2 is 1.77 bits per heavy atom. The Kier molecular flexibility index (Phi) is 3.88. The lowest BCUT2D eigenvalue weighted by Crippen LogP contribution is -2.31. The minimum atomic E-state index is -0.961. The van der Waals surface area contributed by atoms with Gasteiger partial charge < -0.3 is 18.6 Å². The van der Waals surface area contributed by atoms with Crippen LogP contribution in [0.2, 0.25) is 0 Å². The fourth-order valence-electron chi connectivity index (χ4n) is 3.33. The summed E-state index contributed by atoms with van der Waals surface area (Å²) in [5.74, 6) is -0.129. The van der Waals surface area contributed by atoms with Crippen LogP contribution < -0.4 is 15.1 Å². The first-order chi connectivity index (χ1) is 12.6. The number of carbonyl (C=O) groups is 1. The molecule has 0 unspecified atom stereocenters. The van der Waals surface area contributed by atoms with E-state index < -0.39 is 23.6 Å². The SMILES string of the molecule is COC(=O)[C@@H]1Oc2c(c(=O)oc3ccccc23)[C@@H]1c1ccc(OC)cc1. The maximum absolute atomic E-state index is 12.7. The third kappa shape index (κ3) is 2.42. The summed E-state index contributed by atoms with van der Waals surface area (Å²) in [6, 6.07) is 14.2. The molecule has 2 atom stereocenters. The largest absolute Gasteiger partial charge is 0.497 e. The first-order valence-corrected chi connectivity index (χ1v) is 8.08. The number of hydrogen-bond acceptors (Lipinski definition) is 6. The van der Waals surface area contributed by atoms with Crippen molar-refractivity contribution in [2.45, 2.75) is 12.0 Å². The standard InChI is InChI=1S/C20H16O6/c1-23-12-9-7-11(8-10-12)15-16-17(26-18(15)20(22)24-2)13-5-3-4-6-14(13)25-19(16)21/h3-10,15,18H,1-2H3/t15-,18+/m0/s1. The van der Waals surface area contributed by atoms with E-state index in [4.69, 9.17) is 18.6 Å². The number of esters is 1. The van der Waals surface area contributed by atoms with Gasteiger partial charge in [0.1, 0.15) is 17.1 Å². The van der Waals surface area contributed by atoms with Crippen molar-refractivity contribution in [2.75, 3.05) is 14.2 Å². The van der Waals surface area contributed by atoms with Gasteiger partial charge in [0, 0.05) is 0 Å². The highest BCUT2D eigenvalue weighted by Crippen LogP contribution is 2.44. The van der Waals surface area contributed by atoms with Crippen LogP contribution in [-0.4, -0.2) is 26.3 Å². The van der Waals surface area contributed by atoms with Crippen molar-refractivity contribution in [1.82, 2.24) is 0 Å². The van der Waals surface area contributed by atoms with Gasteiger partial charge in [0.15, 0.2) is 0 Å². The molecule has 6 heteroatoms. The smallest absolute Gasteiger partial charge is 0.348 e. The van der Waals surface area contributed by atoms with Crippen molar-refractivity contribution in [3.05, 3.63) is 70.1 Å². The van der Waals surface area contributed by atoms with E-state index in [9.17, 15) is 9.59 Å². The molecule has 0 amide bonds. The maximum atomic E-state index is 12.7. The number of rotatable bonds is 3. The Morgan fingerprint density at radius 1 is 1.04 bits per heavy atom. The van der Waals surface area contributed by atoms with E-state index in [2.05, 4.69) is 0 Å². The molecule has 1 aromatic heterocycles. The van der Waals surface area contributed by atoms with E-state index in [1.54, 1.807) is 49.6 Å². The van der Waals surface area contributed by atoms with E-state index >= 15 is 0 Å². The van der Waals surface area contributed by atoms with Crippen LogP contribution in [0.3, 0.4) is 0 Å². The molecule has 0 N–H and O–H groups in total. The molecule has 0 spiro atoms. The molecule has 0 fully saturated rings. The van der Waals surface area contributed by atoms with Crippen molar-refractivity contribution < 1.29 is 23.4 Å². The van der Waals surface area contributed by atoms with E-state index in [1.807, 2.05) is 6.07 Å². The molecule has 1 aliphatic heterocycles. The van der Waals surface area contributed by atoms with E-state index in [0.717, 1.165) is 5.56 Å². The minimum absolute atomic E-state index is 0.323. The van der Waals surface area contributed by atoms with Crippen LogP contribution in [0.4, 0.5) is 0 Å². The van der Waals surface area contributed by atoms with Gasteiger partial charge >= 0.3 is 11.6 Å². The van der Waals surface area contributed by atoms with E-state index in [-0.39, 0.29) is 0 Å². The normalized spacial score (nSPS) is 18.2. The molecule has 132 valence electrons. The number of benzene rings is 2. The van der Waals surface area contributed by atoms with Gasteiger partial charge in [-0.2, -0.15) is 0 Å². The predicted octanol–water partition coefficient (Wildman–Crippen LogP) is 2.87. The van der Waals surface area contributed by atoms with Gasteiger partial charge in [-0.05, 0) is 29.8 Å². The molecule has 0 saturated heterocycles. The van der Waals surface area contributed by atoms with E-state index in [1.165, 1.54) is 7.11 Å². The van der Waals surface area contributed by atoms with Gasteiger partial charge in [0.2, 0.25) is 6.10 Å². The Labute approximate surface area is 148 Å². The third-order valence-corrected chi connectivity index (χ3v) is 4.57. The molecule has 0 saturated carbocycles. The highest BCUT2D eigenvalue weighted by atomic mass is 16.6. The highest BCUT2D eigenvalue weighted by molar-refractivity contribution is 5.88. The van der Waals surface area contributed by atoms with Crippen LogP contribution in [0.1, 0.15) is 17.0 Å². The van der Waals surface area contributed by atoms with Crippen molar-refractivity contribution in [3.8, 4) is 11.5 Å². The van der Waals surface area contributed by atoms with Gasteiger partial charge in [0.05, 0.1) is 31.1 Å². The molecule has 26 heavy (non-hydrogen) atoms. The Hall–Kier alpha value is -3.28. The second-order valence-electron chi connectivity index (χ2n) is 5.94. The van der Waals surface area contributed by atoms with Crippen LogP contribution in [0, 0.1) is 0 Å². The maximum Gasteiger partial charge on any atom is 0.348 e. The second kappa shape index (κ2) is 6.22. The molecule has 2 aromatic carbocycles. The molecule has 0 radical (unpaired) electrons.